The number of benzene rings is 2. The summed E-state index contributed by atoms with van der Waals surface area (Å²) >= 11 is 1.35. The number of nitrogens with zero attached hydrogens (tertiary/aromatic N) is 2. The summed E-state index contributed by atoms with van der Waals surface area (Å²) in [5.74, 6) is 0.0338. The number of thiazole rings is 1. The van der Waals surface area contributed by atoms with Crippen molar-refractivity contribution in [2.45, 2.75) is 39.8 Å². The Kier molecular flexibility index (Phi) is 7.54. The summed E-state index contributed by atoms with van der Waals surface area (Å²) in [4.78, 5) is 31.7. The molecule has 0 aliphatic carbocycles. The van der Waals surface area contributed by atoms with E-state index in [9.17, 15) is 14.0 Å². The number of hydrogen-bond acceptors (Lipinski definition) is 5. The quantitative estimate of drug-likeness (QED) is 0.441. The number of amides is 2. The lowest BCUT2D eigenvalue weighted by atomic mass is 9.85. The lowest BCUT2D eigenvalue weighted by molar-refractivity contribution is -0.141. The van der Waals surface area contributed by atoms with E-state index < -0.39 is 11.5 Å². The molecule has 2 amide bonds. The lowest BCUT2D eigenvalue weighted by Crippen LogP contribution is -2.45. The minimum atomic E-state index is -0.572. The number of carbonyl (C=O) groups excluding carboxylic acids is 2. The first-order valence-corrected chi connectivity index (χ1v) is 12.7. The van der Waals surface area contributed by atoms with E-state index in [0.29, 0.717) is 36.0 Å². The van der Waals surface area contributed by atoms with Crippen LogP contribution in [0.2, 0.25) is 0 Å². The molecule has 188 valence electrons. The van der Waals surface area contributed by atoms with E-state index in [0.717, 1.165) is 16.7 Å². The smallest absolute Gasteiger partial charge is 0.271 e. The van der Waals surface area contributed by atoms with Gasteiger partial charge in [0.05, 0.1) is 6.04 Å². The van der Waals surface area contributed by atoms with Gasteiger partial charge in [0.25, 0.3) is 5.91 Å². The molecular formula is C28H30FN3O3S. The number of aromatic nitrogens is 1. The zero-order valence-electron chi connectivity index (χ0n) is 20.7. The Hall–Kier alpha value is -3.52. The third kappa shape index (κ3) is 5.65. The highest BCUT2D eigenvalue weighted by Crippen LogP contribution is 2.39. The molecule has 0 saturated carbocycles. The molecule has 8 heteroatoms. The molecule has 1 atom stereocenters. The molecule has 0 fully saturated rings. The highest BCUT2D eigenvalue weighted by molar-refractivity contribution is 7.09. The summed E-state index contributed by atoms with van der Waals surface area (Å²) in [6, 6.07) is 11.8. The summed E-state index contributed by atoms with van der Waals surface area (Å²) in [5, 5.41) is 5.07. The van der Waals surface area contributed by atoms with Crippen LogP contribution in [0.5, 0.6) is 5.75 Å². The maximum absolute atomic E-state index is 14.2. The van der Waals surface area contributed by atoms with Gasteiger partial charge in [-0.2, -0.15) is 0 Å². The van der Waals surface area contributed by atoms with Crippen LogP contribution in [0, 0.1) is 11.2 Å². The summed E-state index contributed by atoms with van der Waals surface area (Å²) in [5.41, 5.74) is 2.52. The molecule has 1 aliphatic heterocycles. The molecule has 2 heterocycles. The van der Waals surface area contributed by atoms with Crippen molar-refractivity contribution >= 4 is 23.2 Å². The molecule has 1 N–H and O–H groups in total. The van der Waals surface area contributed by atoms with Crippen molar-refractivity contribution in [2.75, 3.05) is 13.1 Å². The van der Waals surface area contributed by atoms with Crippen LogP contribution in [0.15, 0.2) is 60.5 Å². The van der Waals surface area contributed by atoms with Crippen LogP contribution >= 0.6 is 11.3 Å². The molecule has 6 nitrogen and oxygen atoms in total. The van der Waals surface area contributed by atoms with Crippen LogP contribution in [0.1, 0.15) is 59.0 Å². The third-order valence-corrected chi connectivity index (χ3v) is 6.79. The lowest BCUT2D eigenvalue weighted by Gasteiger charge is -2.41. The topological polar surface area (TPSA) is 71.5 Å². The first-order valence-electron chi connectivity index (χ1n) is 11.8. The van der Waals surface area contributed by atoms with Crippen molar-refractivity contribution in [1.82, 2.24) is 15.2 Å². The second-order valence-corrected chi connectivity index (χ2v) is 10.7. The maximum atomic E-state index is 14.2. The molecule has 4 rings (SSSR count). The number of fused-ring (bicyclic) bond motifs is 1. The normalized spacial score (nSPS) is 15.2. The maximum Gasteiger partial charge on any atom is 0.271 e. The van der Waals surface area contributed by atoms with Crippen LogP contribution in [-0.4, -0.2) is 34.8 Å². The number of halogens is 1. The number of nitrogens with one attached hydrogen (secondary N) is 1. The molecule has 3 aromatic rings. The van der Waals surface area contributed by atoms with Crippen molar-refractivity contribution in [3.05, 3.63) is 93.7 Å². The van der Waals surface area contributed by atoms with Gasteiger partial charge >= 0.3 is 0 Å². The molecule has 1 aliphatic rings. The Balaban J connectivity index is 1.60. The van der Waals surface area contributed by atoms with Gasteiger partial charge in [0.15, 0.2) is 0 Å². The Morgan fingerprint density at radius 1 is 1.28 bits per heavy atom. The molecule has 1 unspecified atom stereocenters. The van der Waals surface area contributed by atoms with Gasteiger partial charge in [-0.15, -0.1) is 17.9 Å². The van der Waals surface area contributed by atoms with E-state index in [1.54, 1.807) is 17.5 Å². The molecule has 2 aromatic carbocycles. The van der Waals surface area contributed by atoms with E-state index in [2.05, 4.69) is 16.9 Å². The second kappa shape index (κ2) is 10.6. The van der Waals surface area contributed by atoms with Crippen LogP contribution in [-0.2, 0) is 17.8 Å². The van der Waals surface area contributed by atoms with Crippen LogP contribution in [0.25, 0.3) is 0 Å². The Labute approximate surface area is 214 Å². The van der Waals surface area contributed by atoms with Gasteiger partial charge in [-0.1, -0.05) is 45.0 Å². The van der Waals surface area contributed by atoms with Gasteiger partial charge < -0.3 is 15.0 Å². The number of carbonyl (C=O) groups is 2. The minimum absolute atomic E-state index is 0.0128. The van der Waals surface area contributed by atoms with Crippen LogP contribution in [0.4, 0.5) is 4.39 Å². The predicted octanol–water partition coefficient (Wildman–Crippen LogP) is 5.30. The highest BCUT2D eigenvalue weighted by atomic mass is 32.1. The van der Waals surface area contributed by atoms with E-state index >= 15 is 0 Å². The first kappa shape index (κ1) is 25.6. The largest absolute Gasteiger partial charge is 0.486 e. The minimum Gasteiger partial charge on any atom is -0.486 e. The summed E-state index contributed by atoms with van der Waals surface area (Å²) in [7, 11) is 0. The van der Waals surface area contributed by atoms with Crippen molar-refractivity contribution in [3.8, 4) is 5.75 Å². The van der Waals surface area contributed by atoms with Crippen molar-refractivity contribution < 1.29 is 18.7 Å². The zero-order chi connectivity index (χ0) is 25.9. The van der Waals surface area contributed by atoms with Gasteiger partial charge in [-0.05, 0) is 47.4 Å². The fraction of sp³-hybridized carbons (Fsp3) is 0.321. The standard InChI is InChI=1S/C28H30FN3O3S/c1-5-12-30-26(33)23-17-36-24(31-23)16-35-21-10-9-18-11-13-32(27(34)28(2,3)4)25(22(18)15-21)19-7-6-8-20(29)14-19/h5-10,14-15,17,25H,1,11-13,16H2,2-4H3,(H,30,33). The molecule has 1 aromatic heterocycles. The van der Waals surface area contributed by atoms with Crippen LogP contribution < -0.4 is 10.1 Å². The van der Waals surface area contributed by atoms with Gasteiger partial charge in [0, 0.05) is 23.9 Å². The zero-order valence-corrected chi connectivity index (χ0v) is 21.5. The van der Waals surface area contributed by atoms with Crippen molar-refractivity contribution in [1.29, 1.82) is 0 Å². The first-order chi connectivity index (χ1) is 17.2. The Bertz CT molecular complexity index is 1280. The van der Waals surface area contributed by atoms with E-state index in [1.807, 2.05) is 49.9 Å². The summed E-state index contributed by atoms with van der Waals surface area (Å²) in [6.07, 6.45) is 2.32. The Morgan fingerprint density at radius 3 is 2.81 bits per heavy atom. The molecule has 0 radical (unpaired) electrons. The number of hydrogen-bond donors (Lipinski definition) is 1. The van der Waals surface area contributed by atoms with Crippen molar-refractivity contribution in [2.24, 2.45) is 5.41 Å². The predicted molar refractivity (Wildman–Crippen MR) is 139 cm³/mol. The average molecular weight is 508 g/mol. The average Bonchev–Trinajstić information content (AvgIpc) is 3.33. The third-order valence-electron chi connectivity index (χ3n) is 5.97. The molecular weight excluding hydrogens is 477 g/mol. The fourth-order valence-electron chi connectivity index (χ4n) is 4.25. The molecule has 0 spiro atoms. The second-order valence-electron chi connectivity index (χ2n) is 9.73. The van der Waals surface area contributed by atoms with Crippen molar-refractivity contribution in [3.63, 3.8) is 0 Å². The monoisotopic (exact) mass is 507 g/mol. The van der Waals surface area contributed by atoms with Gasteiger partial charge in [-0.25, -0.2) is 9.37 Å². The SMILES string of the molecule is C=CCNC(=O)c1csc(COc2ccc3c(c2)C(c2cccc(F)c2)N(C(=O)C(C)(C)C)CC3)n1. The molecule has 0 bridgehead atoms. The van der Waals surface area contributed by atoms with E-state index in [4.69, 9.17) is 4.74 Å². The van der Waals surface area contributed by atoms with E-state index in [-0.39, 0.29) is 24.2 Å². The van der Waals surface area contributed by atoms with Crippen LogP contribution in [0.3, 0.4) is 0 Å². The van der Waals surface area contributed by atoms with Gasteiger partial charge in [-0.3, -0.25) is 9.59 Å². The highest BCUT2D eigenvalue weighted by Gasteiger charge is 2.37. The Morgan fingerprint density at radius 2 is 2.08 bits per heavy atom. The summed E-state index contributed by atoms with van der Waals surface area (Å²) in [6.45, 7) is 10.4. The van der Waals surface area contributed by atoms with E-state index in [1.165, 1.54) is 23.5 Å². The number of rotatable bonds is 7. The number of ether oxygens (including phenoxy) is 1. The summed E-state index contributed by atoms with van der Waals surface area (Å²) < 4.78 is 20.2. The molecule has 0 saturated heterocycles. The van der Waals surface area contributed by atoms with Gasteiger partial charge in [0.2, 0.25) is 5.91 Å². The molecule has 36 heavy (non-hydrogen) atoms. The fourth-order valence-corrected chi connectivity index (χ4v) is 4.94. The van der Waals surface area contributed by atoms with Gasteiger partial charge in [0.1, 0.15) is 28.9 Å².